The second-order valence-electron chi connectivity index (χ2n) is 7.54. The highest BCUT2D eigenvalue weighted by molar-refractivity contribution is 6.42. The maximum atomic E-state index is 13.6. The van der Waals surface area contributed by atoms with Crippen LogP contribution in [0, 0.1) is 0 Å². The van der Waals surface area contributed by atoms with Crippen molar-refractivity contribution < 1.29 is 9.59 Å². The van der Waals surface area contributed by atoms with Gasteiger partial charge in [0.1, 0.15) is 0 Å². The second-order valence-corrected chi connectivity index (χ2v) is 8.76. The highest BCUT2D eigenvalue weighted by Crippen LogP contribution is 2.51. The Morgan fingerprint density at radius 3 is 2.48 bits per heavy atom. The van der Waals surface area contributed by atoms with Gasteiger partial charge in [-0.1, -0.05) is 53.0 Å². The van der Waals surface area contributed by atoms with Gasteiger partial charge in [-0.2, -0.15) is 0 Å². The lowest BCUT2D eigenvalue weighted by Crippen LogP contribution is -2.57. The molecule has 29 heavy (non-hydrogen) atoms. The first-order valence-electron chi connectivity index (χ1n) is 9.32. The molecule has 0 saturated carbocycles. The molecule has 2 aromatic rings. The number of amides is 2. The molecule has 1 N–H and O–H groups in total. The van der Waals surface area contributed by atoms with Crippen LogP contribution in [0.25, 0.3) is 0 Å². The summed E-state index contributed by atoms with van der Waals surface area (Å²) in [6.45, 7) is 0.572. The summed E-state index contributed by atoms with van der Waals surface area (Å²) in [5, 5.41) is 4.08. The third-order valence-corrected chi connectivity index (χ3v) is 6.75. The van der Waals surface area contributed by atoms with E-state index in [1.807, 2.05) is 23.1 Å². The van der Waals surface area contributed by atoms with E-state index in [0.717, 1.165) is 6.42 Å². The third kappa shape index (κ3) is 3.03. The molecule has 1 fully saturated rings. The summed E-state index contributed by atoms with van der Waals surface area (Å²) >= 11 is 19.2. The van der Waals surface area contributed by atoms with Crippen molar-refractivity contribution in [3.63, 3.8) is 0 Å². The Morgan fingerprint density at radius 1 is 1.10 bits per heavy atom. The number of anilines is 1. The van der Waals surface area contributed by atoms with E-state index in [0.29, 0.717) is 44.8 Å². The van der Waals surface area contributed by atoms with Crippen LogP contribution in [0.3, 0.4) is 0 Å². The molecule has 0 bridgehead atoms. The molecule has 5 nitrogen and oxygen atoms in total. The minimum atomic E-state index is -1.27. The Morgan fingerprint density at radius 2 is 1.79 bits per heavy atom. The molecule has 0 aromatic heterocycles. The number of hydrogen-bond donors (Lipinski definition) is 1. The molecule has 152 valence electrons. The maximum absolute atomic E-state index is 13.6. The summed E-state index contributed by atoms with van der Waals surface area (Å²) in [5.41, 5.74) is 0.583. The molecule has 0 spiro atoms. The number of nitrogens with zero attached hydrogens (tertiary/aromatic N) is 2. The molecular formula is C21H20Cl3N3O2. The number of fused-ring (bicyclic) bond motifs is 1. The molecule has 2 amide bonds. The second kappa shape index (κ2) is 7.47. The maximum Gasteiger partial charge on any atom is 0.254 e. The summed E-state index contributed by atoms with van der Waals surface area (Å²) in [6, 6.07) is 10.1. The van der Waals surface area contributed by atoms with E-state index >= 15 is 0 Å². The molecule has 0 aliphatic carbocycles. The van der Waals surface area contributed by atoms with Gasteiger partial charge < -0.3 is 10.2 Å². The molecule has 1 saturated heterocycles. The van der Waals surface area contributed by atoms with Gasteiger partial charge in [0.25, 0.3) is 5.91 Å². The number of benzene rings is 2. The van der Waals surface area contributed by atoms with Gasteiger partial charge in [-0.05, 0) is 31.0 Å². The van der Waals surface area contributed by atoms with E-state index < -0.39 is 11.6 Å². The summed E-state index contributed by atoms with van der Waals surface area (Å²) in [5.74, 6) is -0.312. The number of likely N-dealkylation sites (N-methyl/N-ethyl adjacent to an activating group) is 1. The van der Waals surface area contributed by atoms with Crippen LogP contribution in [0.5, 0.6) is 0 Å². The van der Waals surface area contributed by atoms with Crippen LogP contribution in [0.15, 0.2) is 36.4 Å². The largest absolute Gasteiger partial charge is 0.347 e. The molecule has 8 heteroatoms. The molecule has 2 atom stereocenters. The summed E-state index contributed by atoms with van der Waals surface area (Å²) < 4.78 is 0. The number of likely N-dealkylation sites (tertiary alicyclic amines) is 1. The molecule has 4 rings (SSSR count). The average molecular weight is 453 g/mol. The van der Waals surface area contributed by atoms with Crippen molar-refractivity contribution in [3.8, 4) is 0 Å². The first-order chi connectivity index (χ1) is 13.8. The number of halogens is 3. The van der Waals surface area contributed by atoms with Crippen molar-refractivity contribution in [1.29, 1.82) is 0 Å². The van der Waals surface area contributed by atoms with Gasteiger partial charge in [0.2, 0.25) is 5.91 Å². The number of rotatable bonds is 3. The lowest BCUT2D eigenvalue weighted by atomic mass is 9.81. The smallest absolute Gasteiger partial charge is 0.254 e. The van der Waals surface area contributed by atoms with E-state index in [2.05, 4.69) is 5.32 Å². The van der Waals surface area contributed by atoms with Crippen LogP contribution in [-0.4, -0.2) is 48.3 Å². The first-order valence-corrected chi connectivity index (χ1v) is 10.5. The number of carbonyl (C=O) groups excluding carboxylic acids is 2. The lowest BCUT2D eigenvalue weighted by molar-refractivity contribution is -0.138. The van der Waals surface area contributed by atoms with E-state index in [9.17, 15) is 9.59 Å². The summed E-state index contributed by atoms with van der Waals surface area (Å²) in [6.07, 6.45) is 1.45. The predicted octanol–water partition coefficient (Wildman–Crippen LogP) is 4.40. The van der Waals surface area contributed by atoms with Gasteiger partial charge in [-0.3, -0.25) is 14.5 Å². The fraction of sp³-hybridized carbons (Fsp3) is 0.333. The Labute approximate surface area is 184 Å². The quantitative estimate of drug-likeness (QED) is 0.751. The van der Waals surface area contributed by atoms with Crippen LogP contribution in [0.1, 0.15) is 24.0 Å². The van der Waals surface area contributed by atoms with Crippen LogP contribution < -0.4 is 5.32 Å². The summed E-state index contributed by atoms with van der Waals surface area (Å²) in [7, 11) is 3.45. The Balaban J connectivity index is 2.02. The van der Waals surface area contributed by atoms with E-state index in [1.54, 1.807) is 37.2 Å². The fourth-order valence-electron chi connectivity index (χ4n) is 4.47. The monoisotopic (exact) mass is 451 g/mol. The van der Waals surface area contributed by atoms with E-state index in [1.165, 1.54) is 0 Å². The average Bonchev–Trinajstić information content (AvgIpc) is 3.25. The minimum Gasteiger partial charge on any atom is -0.347 e. The van der Waals surface area contributed by atoms with Gasteiger partial charge in [-0.25, -0.2) is 0 Å². The van der Waals surface area contributed by atoms with Crippen molar-refractivity contribution in [2.75, 3.05) is 26.0 Å². The van der Waals surface area contributed by atoms with Crippen LogP contribution >= 0.6 is 34.8 Å². The fourth-order valence-corrected chi connectivity index (χ4v) is 5.07. The molecule has 1 unspecified atom stereocenters. The standard InChI is InChI=1S/C21H20Cl3N3O2/c1-26(2)19(28)18-8-5-9-27(18)21(12-6-3-4-7-14(12)22)13-10-15(23)16(24)11-17(13)25-20(21)29/h3-4,6-7,10-11,18H,5,8-9H2,1-2H3,(H,25,29)/t18-,21?/m0/s1. The van der Waals surface area contributed by atoms with E-state index in [-0.39, 0.29) is 11.8 Å². The zero-order valence-electron chi connectivity index (χ0n) is 16.0. The van der Waals surface area contributed by atoms with Gasteiger partial charge in [0.15, 0.2) is 5.54 Å². The van der Waals surface area contributed by atoms with Gasteiger partial charge in [0.05, 0.1) is 16.1 Å². The van der Waals surface area contributed by atoms with Crippen LogP contribution in [-0.2, 0) is 15.1 Å². The van der Waals surface area contributed by atoms with Gasteiger partial charge in [-0.15, -0.1) is 0 Å². The van der Waals surface area contributed by atoms with Crippen LogP contribution in [0.4, 0.5) is 5.69 Å². The van der Waals surface area contributed by atoms with Crippen LogP contribution in [0.2, 0.25) is 15.1 Å². The normalized spacial score (nSPS) is 23.8. The Hall–Kier alpha value is -1.79. The molecular weight excluding hydrogens is 433 g/mol. The van der Waals surface area contributed by atoms with Crippen molar-refractivity contribution >= 4 is 52.3 Å². The van der Waals surface area contributed by atoms with Crippen molar-refractivity contribution in [3.05, 3.63) is 62.6 Å². The summed E-state index contributed by atoms with van der Waals surface area (Å²) in [4.78, 5) is 30.1. The van der Waals surface area contributed by atoms with Gasteiger partial charge in [0, 0.05) is 42.5 Å². The van der Waals surface area contributed by atoms with E-state index in [4.69, 9.17) is 34.8 Å². The molecule has 2 aliphatic heterocycles. The Bertz CT molecular complexity index is 1010. The highest BCUT2D eigenvalue weighted by atomic mass is 35.5. The zero-order valence-corrected chi connectivity index (χ0v) is 18.3. The number of carbonyl (C=O) groups is 2. The molecule has 0 radical (unpaired) electrons. The topological polar surface area (TPSA) is 52.7 Å². The number of hydrogen-bond acceptors (Lipinski definition) is 3. The molecule has 2 aliphatic rings. The molecule has 2 aromatic carbocycles. The minimum absolute atomic E-state index is 0.0461. The van der Waals surface area contributed by atoms with Crippen molar-refractivity contribution in [2.24, 2.45) is 0 Å². The highest BCUT2D eigenvalue weighted by Gasteiger charge is 2.57. The van der Waals surface area contributed by atoms with Crippen molar-refractivity contribution in [1.82, 2.24) is 9.80 Å². The first kappa shape index (κ1) is 20.5. The SMILES string of the molecule is CN(C)C(=O)[C@@H]1CCCN1C1(c2ccccc2Cl)C(=O)Nc2cc(Cl)c(Cl)cc21. The molecule has 2 heterocycles. The van der Waals surface area contributed by atoms with Gasteiger partial charge >= 0.3 is 0 Å². The number of nitrogens with one attached hydrogen (secondary N) is 1. The Kier molecular flexibility index (Phi) is 5.28. The van der Waals surface area contributed by atoms with Crippen molar-refractivity contribution in [2.45, 2.75) is 24.4 Å². The third-order valence-electron chi connectivity index (χ3n) is 5.70. The lowest BCUT2D eigenvalue weighted by Gasteiger charge is -2.41. The predicted molar refractivity (Wildman–Crippen MR) is 116 cm³/mol. The zero-order chi connectivity index (χ0) is 20.9.